The molecule has 0 aliphatic carbocycles. The molecule has 0 saturated carbocycles. The zero-order chi connectivity index (χ0) is 11.5. The van der Waals surface area contributed by atoms with Crippen LogP contribution in [0.15, 0.2) is 4.42 Å². The molecule has 0 aromatic carbocycles. The van der Waals surface area contributed by atoms with Gasteiger partial charge in [0, 0.05) is 13.1 Å². The largest absolute Gasteiger partial charge is 0.406 e. The molecule has 2 heterocycles. The maximum Gasteiger partial charge on any atom is 0.318 e. The lowest BCUT2D eigenvalue weighted by Crippen LogP contribution is -2.32. The maximum atomic E-state index is 5.65. The molecule has 1 fully saturated rings. The Morgan fingerprint density at radius 3 is 2.69 bits per heavy atom. The first-order valence-corrected chi connectivity index (χ1v) is 5.96. The molecule has 1 aromatic rings. The third kappa shape index (κ3) is 2.35. The van der Waals surface area contributed by atoms with Gasteiger partial charge in [0.15, 0.2) is 0 Å². The lowest BCUT2D eigenvalue weighted by Gasteiger charge is -2.28. The molecule has 2 rings (SSSR count). The number of aromatic nitrogens is 2. The van der Waals surface area contributed by atoms with Crippen LogP contribution in [0, 0.1) is 5.92 Å². The molecule has 1 unspecified atom stereocenters. The summed E-state index contributed by atoms with van der Waals surface area (Å²) in [6.07, 6.45) is 2.42. The minimum atomic E-state index is 0.116. The first-order valence-electron chi connectivity index (χ1n) is 5.96. The van der Waals surface area contributed by atoms with Gasteiger partial charge in [-0.15, -0.1) is 5.10 Å². The van der Waals surface area contributed by atoms with E-state index in [-0.39, 0.29) is 6.04 Å². The highest BCUT2D eigenvalue weighted by Gasteiger charge is 2.21. The number of nitrogens with zero attached hydrogens (tertiary/aromatic N) is 3. The van der Waals surface area contributed by atoms with E-state index in [0.29, 0.717) is 11.9 Å². The third-order valence-corrected chi connectivity index (χ3v) is 3.29. The molecule has 1 N–H and O–H groups in total. The molecule has 0 radical (unpaired) electrons. The fourth-order valence-corrected chi connectivity index (χ4v) is 1.85. The number of rotatable bonds is 3. The average molecular weight is 224 g/mol. The Hall–Kier alpha value is -1.10. The first kappa shape index (κ1) is 11.4. The van der Waals surface area contributed by atoms with Crippen molar-refractivity contribution >= 4 is 6.01 Å². The van der Waals surface area contributed by atoms with E-state index in [2.05, 4.69) is 27.3 Å². The van der Waals surface area contributed by atoms with Crippen LogP contribution >= 0.6 is 0 Å². The standard InChI is InChI=1S/C11H20N4O/c1-8-4-6-15(7-5-8)11-14-13-10(16-11)9(2)12-3/h8-9,12H,4-7H2,1-3H3. The number of hydrogen-bond acceptors (Lipinski definition) is 5. The first-order chi connectivity index (χ1) is 7.70. The van der Waals surface area contributed by atoms with Gasteiger partial charge in [0.25, 0.3) is 0 Å². The van der Waals surface area contributed by atoms with Gasteiger partial charge in [-0.05, 0) is 32.7 Å². The van der Waals surface area contributed by atoms with E-state index in [1.807, 2.05) is 14.0 Å². The average Bonchev–Trinajstić information content (AvgIpc) is 2.78. The molecule has 1 aliphatic rings. The molecule has 0 bridgehead atoms. The van der Waals surface area contributed by atoms with Gasteiger partial charge >= 0.3 is 6.01 Å². The Morgan fingerprint density at radius 1 is 1.38 bits per heavy atom. The highest BCUT2D eigenvalue weighted by molar-refractivity contribution is 5.24. The van der Waals surface area contributed by atoms with E-state index in [9.17, 15) is 0 Å². The van der Waals surface area contributed by atoms with Crippen molar-refractivity contribution in [2.75, 3.05) is 25.0 Å². The van der Waals surface area contributed by atoms with Crippen molar-refractivity contribution in [1.29, 1.82) is 0 Å². The van der Waals surface area contributed by atoms with Gasteiger partial charge in [0.1, 0.15) is 0 Å². The molecule has 5 heteroatoms. The number of hydrogen-bond donors (Lipinski definition) is 1. The van der Waals surface area contributed by atoms with Gasteiger partial charge in [-0.1, -0.05) is 12.0 Å². The minimum Gasteiger partial charge on any atom is -0.406 e. The van der Waals surface area contributed by atoms with Crippen LogP contribution in [0.2, 0.25) is 0 Å². The topological polar surface area (TPSA) is 54.2 Å². The second-order valence-corrected chi connectivity index (χ2v) is 4.60. The quantitative estimate of drug-likeness (QED) is 0.845. The van der Waals surface area contributed by atoms with Crippen molar-refractivity contribution in [3.05, 3.63) is 5.89 Å². The molecular formula is C11H20N4O. The Balaban J connectivity index is 2.01. The Kier molecular flexibility index (Phi) is 3.43. The van der Waals surface area contributed by atoms with Crippen LogP contribution in [-0.2, 0) is 0 Å². The summed E-state index contributed by atoms with van der Waals surface area (Å²) >= 11 is 0. The summed E-state index contributed by atoms with van der Waals surface area (Å²) in [5, 5.41) is 11.3. The van der Waals surface area contributed by atoms with E-state index in [1.54, 1.807) is 0 Å². The number of nitrogens with one attached hydrogen (secondary N) is 1. The van der Waals surface area contributed by atoms with Gasteiger partial charge in [0.2, 0.25) is 5.89 Å². The molecule has 1 atom stereocenters. The van der Waals surface area contributed by atoms with Crippen LogP contribution in [0.4, 0.5) is 6.01 Å². The summed E-state index contributed by atoms with van der Waals surface area (Å²) in [5.41, 5.74) is 0. The second-order valence-electron chi connectivity index (χ2n) is 4.60. The monoisotopic (exact) mass is 224 g/mol. The summed E-state index contributed by atoms with van der Waals surface area (Å²) < 4.78 is 5.65. The zero-order valence-corrected chi connectivity index (χ0v) is 10.2. The maximum absolute atomic E-state index is 5.65. The van der Waals surface area contributed by atoms with Crippen LogP contribution in [0.1, 0.15) is 38.6 Å². The summed E-state index contributed by atoms with van der Waals surface area (Å²) in [5.74, 6) is 1.48. The lowest BCUT2D eigenvalue weighted by molar-refractivity contribution is 0.392. The zero-order valence-electron chi connectivity index (χ0n) is 10.2. The summed E-state index contributed by atoms with van der Waals surface area (Å²) in [6.45, 7) is 6.35. The minimum absolute atomic E-state index is 0.116. The van der Waals surface area contributed by atoms with Crippen LogP contribution < -0.4 is 10.2 Å². The van der Waals surface area contributed by atoms with Crippen molar-refractivity contribution in [2.45, 2.75) is 32.7 Å². The van der Waals surface area contributed by atoms with Crippen molar-refractivity contribution in [1.82, 2.24) is 15.5 Å². The Morgan fingerprint density at radius 2 is 2.06 bits per heavy atom. The van der Waals surface area contributed by atoms with Gasteiger partial charge < -0.3 is 14.6 Å². The lowest BCUT2D eigenvalue weighted by atomic mass is 10.00. The van der Waals surface area contributed by atoms with E-state index >= 15 is 0 Å². The summed E-state index contributed by atoms with van der Waals surface area (Å²) in [6, 6.07) is 0.786. The number of piperidine rings is 1. The molecule has 0 spiro atoms. The molecule has 1 aromatic heterocycles. The van der Waals surface area contributed by atoms with Crippen LogP contribution in [0.3, 0.4) is 0 Å². The van der Waals surface area contributed by atoms with Gasteiger partial charge in [-0.3, -0.25) is 0 Å². The van der Waals surface area contributed by atoms with E-state index in [0.717, 1.165) is 19.0 Å². The van der Waals surface area contributed by atoms with Crippen LogP contribution in [0.25, 0.3) is 0 Å². The van der Waals surface area contributed by atoms with Crippen LogP contribution in [-0.4, -0.2) is 30.3 Å². The molecule has 5 nitrogen and oxygen atoms in total. The van der Waals surface area contributed by atoms with E-state index in [4.69, 9.17) is 4.42 Å². The summed E-state index contributed by atoms with van der Waals surface area (Å²) in [7, 11) is 1.89. The second kappa shape index (κ2) is 4.82. The van der Waals surface area contributed by atoms with Gasteiger partial charge in [-0.2, -0.15) is 0 Å². The third-order valence-electron chi connectivity index (χ3n) is 3.29. The predicted octanol–water partition coefficient (Wildman–Crippen LogP) is 1.59. The summed E-state index contributed by atoms with van der Waals surface area (Å²) in [4.78, 5) is 2.18. The van der Waals surface area contributed by atoms with E-state index in [1.165, 1.54) is 12.8 Å². The molecule has 0 amide bonds. The Labute approximate surface area is 96.2 Å². The number of anilines is 1. The highest BCUT2D eigenvalue weighted by atomic mass is 16.4. The van der Waals surface area contributed by atoms with Crippen molar-refractivity contribution < 1.29 is 4.42 Å². The van der Waals surface area contributed by atoms with Gasteiger partial charge in [0.05, 0.1) is 6.04 Å². The van der Waals surface area contributed by atoms with E-state index < -0.39 is 0 Å². The molecular weight excluding hydrogens is 204 g/mol. The molecule has 16 heavy (non-hydrogen) atoms. The fourth-order valence-electron chi connectivity index (χ4n) is 1.85. The van der Waals surface area contributed by atoms with Crippen molar-refractivity contribution in [3.63, 3.8) is 0 Å². The normalized spacial score (nSPS) is 20.1. The SMILES string of the molecule is CNC(C)c1nnc(N2CCC(C)CC2)o1. The van der Waals surface area contributed by atoms with Crippen LogP contribution in [0.5, 0.6) is 0 Å². The smallest absolute Gasteiger partial charge is 0.318 e. The highest BCUT2D eigenvalue weighted by Crippen LogP contribution is 2.23. The molecule has 90 valence electrons. The molecule has 1 saturated heterocycles. The van der Waals surface area contributed by atoms with Crippen molar-refractivity contribution in [3.8, 4) is 0 Å². The Bertz CT molecular complexity index is 330. The van der Waals surface area contributed by atoms with Crippen molar-refractivity contribution in [2.24, 2.45) is 5.92 Å². The predicted molar refractivity (Wildman–Crippen MR) is 62.4 cm³/mol. The van der Waals surface area contributed by atoms with Gasteiger partial charge in [-0.25, -0.2) is 0 Å². The fraction of sp³-hybridized carbons (Fsp3) is 0.818. The molecule has 1 aliphatic heterocycles.